The molecule has 0 N–H and O–H groups in total. The standard InChI is InChI=1S/C39H44O10.C38H42O10/c1-4-36(40)46-26-12-8-6-10-24-44-32-18-14-30(15-19-32)38(42)48-34-22-23-35(29(3)28-34)49-39(43)31-16-20-33(21-17-31)45-25-11-7-9-13-27-47-37(41)5-2;1-3-35(39)45-27-11-7-5-9-25-43-31-17-13-29(14-18-31)37(41)47-33-21-23-34(24-22-33)48-38(42)30-15-19-32(20-16-30)44-26-10-6-8-12-28-46-36(40)4-2/h4-5,14-23,28H,1-2,6-13,24-27H2,3H3;3-4,13-24H,1-2,5-12,25-28H2. The molecule has 0 saturated heterocycles. The Hall–Kier alpha value is -10.8. The molecule has 514 valence electrons. The van der Waals surface area contributed by atoms with Crippen LogP contribution in [0.25, 0.3) is 0 Å². The van der Waals surface area contributed by atoms with Crippen LogP contribution in [-0.2, 0) is 38.1 Å². The first kappa shape index (κ1) is 76.9. The van der Waals surface area contributed by atoms with Crippen molar-refractivity contribution in [1.29, 1.82) is 0 Å². The van der Waals surface area contributed by atoms with Crippen LogP contribution in [0.1, 0.15) is 150 Å². The summed E-state index contributed by atoms with van der Waals surface area (Å²) in [6.07, 6.45) is 18.7. The predicted octanol–water partition coefficient (Wildman–Crippen LogP) is 15.2. The van der Waals surface area contributed by atoms with Gasteiger partial charge in [-0.05, 0) is 255 Å². The minimum absolute atomic E-state index is 0.303. The number of esters is 8. The zero-order valence-electron chi connectivity index (χ0n) is 55.1. The zero-order chi connectivity index (χ0) is 69.7. The van der Waals surface area contributed by atoms with Gasteiger partial charge in [-0.25, -0.2) is 38.4 Å². The minimum Gasteiger partial charge on any atom is -0.494 e. The summed E-state index contributed by atoms with van der Waals surface area (Å²) in [7, 11) is 0. The summed E-state index contributed by atoms with van der Waals surface area (Å²) in [5.41, 5.74) is 2.09. The van der Waals surface area contributed by atoms with E-state index in [1.54, 1.807) is 146 Å². The first-order valence-electron chi connectivity index (χ1n) is 32.3. The van der Waals surface area contributed by atoms with Crippen molar-refractivity contribution in [3.8, 4) is 46.0 Å². The molecular formula is C77H86O20. The second-order valence-corrected chi connectivity index (χ2v) is 21.6. The average Bonchev–Trinajstić information content (AvgIpc) is 0.951. The highest BCUT2D eigenvalue weighted by Crippen LogP contribution is 2.27. The lowest BCUT2D eigenvalue weighted by atomic mass is 10.2. The highest BCUT2D eigenvalue weighted by Gasteiger charge is 2.16. The molecule has 0 aliphatic carbocycles. The van der Waals surface area contributed by atoms with Crippen molar-refractivity contribution < 1.29 is 95.2 Å². The van der Waals surface area contributed by atoms with Gasteiger partial charge in [-0.1, -0.05) is 26.3 Å². The van der Waals surface area contributed by atoms with Gasteiger partial charge in [0.05, 0.1) is 75.1 Å². The lowest BCUT2D eigenvalue weighted by Gasteiger charge is -2.11. The highest BCUT2D eigenvalue weighted by atomic mass is 16.6. The van der Waals surface area contributed by atoms with Crippen LogP contribution in [0.15, 0.2) is 190 Å². The molecule has 0 aromatic heterocycles. The molecule has 0 fully saturated rings. The molecule has 0 saturated carbocycles. The molecule has 0 aliphatic heterocycles. The number of benzene rings is 6. The quantitative estimate of drug-likeness (QED) is 0.0113. The summed E-state index contributed by atoms with van der Waals surface area (Å²) >= 11 is 0. The van der Waals surface area contributed by atoms with E-state index in [1.165, 1.54) is 0 Å². The number of hydrogen-bond acceptors (Lipinski definition) is 20. The average molecular weight is 1330 g/mol. The Kier molecular flexibility index (Phi) is 36.1. The molecule has 0 unspecified atom stereocenters. The molecule has 0 amide bonds. The van der Waals surface area contributed by atoms with Gasteiger partial charge >= 0.3 is 47.8 Å². The van der Waals surface area contributed by atoms with E-state index in [4.69, 9.17) is 56.8 Å². The fourth-order valence-electron chi connectivity index (χ4n) is 8.70. The summed E-state index contributed by atoms with van der Waals surface area (Å²) < 4.78 is 64.8. The van der Waals surface area contributed by atoms with Gasteiger partial charge in [-0.3, -0.25) is 0 Å². The van der Waals surface area contributed by atoms with E-state index in [9.17, 15) is 38.4 Å². The number of unbranched alkanes of at least 4 members (excludes halogenated alkanes) is 12. The summed E-state index contributed by atoms with van der Waals surface area (Å²) in [4.78, 5) is 94.7. The van der Waals surface area contributed by atoms with Crippen LogP contribution < -0.4 is 37.9 Å². The molecule has 0 bridgehead atoms. The van der Waals surface area contributed by atoms with E-state index in [0.717, 1.165) is 127 Å². The first-order chi connectivity index (χ1) is 47.2. The normalized spacial score (nSPS) is 10.4. The van der Waals surface area contributed by atoms with Crippen LogP contribution in [0, 0.1) is 6.92 Å². The van der Waals surface area contributed by atoms with Gasteiger partial charge in [0.1, 0.15) is 46.0 Å². The van der Waals surface area contributed by atoms with E-state index >= 15 is 0 Å². The van der Waals surface area contributed by atoms with Gasteiger partial charge < -0.3 is 56.8 Å². The maximum Gasteiger partial charge on any atom is 0.343 e. The Morgan fingerprint density at radius 1 is 0.268 bits per heavy atom. The maximum atomic E-state index is 12.8. The van der Waals surface area contributed by atoms with Crippen molar-refractivity contribution in [1.82, 2.24) is 0 Å². The SMILES string of the molecule is C=CC(=O)OCCCCCCOc1ccc(C(=O)Oc2ccc(OC(=O)c3ccc(OCCCCCCOC(=O)C=C)cc3)c(C)c2)cc1.C=CC(=O)OCCCCCCOc1ccc(C(=O)Oc2ccc(OC(=O)c3ccc(OCCCCCCOC(=O)C=C)cc3)cc2)cc1. The number of carbonyl (C=O) groups is 8. The second-order valence-electron chi connectivity index (χ2n) is 21.6. The van der Waals surface area contributed by atoms with Crippen molar-refractivity contribution >= 4 is 47.8 Å². The molecule has 0 radical (unpaired) electrons. The van der Waals surface area contributed by atoms with E-state index in [2.05, 4.69) is 26.3 Å². The highest BCUT2D eigenvalue weighted by molar-refractivity contribution is 5.93. The predicted molar refractivity (Wildman–Crippen MR) is 364 cm³/mol. The lowest BCUT2D eigenvalue weighted by Crippen LogP contribution is -2.10. The van der Waals surface area contributed by atoms with Crippen LogP contribution in [0.4, 0.5) is 0 Å². The molecule has 20 nitrogen and oxygen atoms in total. The molecule has 6 rings (SSSR count). The van der Waals surface area contributed by atoms with Crippen LogP contribution in [-0.4, -0.2) is 101 Å². The molecule has 6 aromatic rings. The number of ether oxygens (including phenoxy) is 12. The summed E-state index contributed by atoms with van der Waals surface area (Å²) in [5.74, 6) is 0.130. The van der Waals surface area contributed by atoms with Gasteiger partial charge in [0.25, 0.3) is 0 Å². The fraction of sp³-hybridized carbons (Fsp3) is 0.325. The van der Waals surface area contributed by atoms with Crippen LogP contribution in [0.3, 0.4) is 0 Å². The summed E-state index contributed by atoms with van der Waals surface area (Å²) in [6.45, 7) is 18.9. The van der Waals surface area contributed by atoms with Crippen LogP contribution >= 0.6 is 0 Å². The van der Waals surface area contributed by atoms with E-state index < -0.39 is 47.8 Å². The van der Waals surface area contributed by atoms with Crippen molar-refractivity contribution in [2.75, 3.05) is 52.9 Å². The summed E-state index contributed by atoms with van der Waals surface area (Å²) in [5, 5.41) is 0. The third kappa shape index (κ3) is 31.8. The van der Waals surface area contributed by atoms with Gasteiger partial charge in [-0.15, -0.1) is 0 Å². The number of hydrogen-bond donors (Lipinski definition) is 0. The lowest BCUT2D eigenvalue weighted by molar-refractivity contribution is -0.138. The van der Waals surface area contributed by atoms with E-state index in [0.29, 0.717) is 127 Å². The number of carbonyl (C=O) groups excluding carboxylic acids is 8. The van der Waals surface area contributed by atoms with Gasteiger partial charge in [0.15, 0.2) is 0 Å². The summed E-state index contributed by atoms with van der Waals surface area (Å²) in [6, 6.07) is 37.8. The molecule has 97 heavy (non-hydrogen) atoms. The molecule has 6 aromatic carbocycles. The first-order valence-corrected chi connectivity index (χ1v) is 32.3. The Bertz CT molecular complexity index is 3330. The monoisotopic (exact) mass is 1330 g/mol. The number of rotatable bonds is 44. The molecule has 0 heterocycles. The minimum atomic E-state index is -0.530. The molecule has 0 spiro atoms. The molecule has 0 atom stereocenters. The molecule has 20 heteroatoms. The van der Waals surface area contributed by atoms with Crippen molar-refractivity contribution in [2.24, 2.45) is 0 Å². The Morgan fingerprint density at radius 2 is 0.485 bits per heavy atom. The van der Waals surface area contributed by atoms with Crippen molar-refractivity contribution in [3.63, 3.8) is 0 Å². The largest absolute Gasteiger partial charge is 0.494 e. The smallest absolute Gasteiger partial charge is 0.343 e. The van der Waals surface area contributed by atoms with Gasteiger partial charge in [0.2, 0.25) is 0 Å². The Morgan fingerprint density at radius 3 is 0.732 bits per heavy atom. The fourth-order valence-corrected chi connectivity index (χ4v) is 8.70. The Labute approximate surface area is 567 Å². The molecular weight excluding hydrogens is 1240 g/mol. The van der Waals surface area contributed by atoms with Gasteiger partial charge in [0, 0.05) is 24.3 Å². The van der Waals surface area contributed by atoms with Crippen molar-refractivity contribution in [3.05, 3.63) is 218 Å². The second kappa shape index (κ2) is 45.5. The molecule has 0 aliphatic rings. The van der Waals surface area contributed by atoms with Gasteiger partial charge in [-0.2, -0.15) is 0 Å². The third-order valence-electron chi connectivity index (χ3n) is 14.0. The maximum absolute atomic E-state index is 12.8. The third-order valence-corrected chi connectivity index (χ3v) is 14.0. The van der Waals surface area contributed by atoms with E-state index in [-0.39, 0.29) is 0 Å². The van der Waals surface area contributed by atoms with Crippen LogP contribution in [0.5, 0.6) is 46.0 Å². The Balaban J connectivity index is 0.000000351. The van der Waals surface area contributed by atoms with E-state index in [1.807, 2.05) is 0 Å². The zero-order valence-corrected chi connectivity index (χ0v) is 55.1. The number of aryl methyl sites for hydroxylation is 1. The van der Waals surface area contributed by atoms with Crippen LogP contribution in [0.2, 0.25) is 0 Å². The topological polar surface area (TPSA) is 247 Å². The van der Waals surface area contributed by atoms with Crippen molar-refractivity contribution in [2.45, 2.75) is 110 Å².